The molecule has 4 heterocycles. The van der Waals surface area contributed by atoms with E-state index in [1.54, 1.807) is 67.5 Å². The van der Waals surface area contributed by atoms with Crippen molar-refractivity contribution in [2.45, 2.75) is 83.1 Å². The van der Waals surface area contributed by atoms with Gasteiger partial charge in [0.05, 0.1) is 60.4 Å². The molecule has 0 bridgehead atoms. The summed E-state index contributed by atoms with van der Waals surface area (Å²) in [5.74, 6) is -1.50. The van der Waals surface area contributed by atoms with Gasteiger partial charge in [-0.1, -0.05) is 37.1 Å². The van der Waals surface area contributed by atoms with E-state index in [0.29, 0.717) is 94.3 Å². The van der Waals surface area contributed by atoms with Gasteiger partial charge in [0.1, 0.15) is 0 Å². The van der Waals surface area contributed by atoms with Crippen LogP contribution in [0.1, 0.15) is 110 Å². The van der Waals surface area contributed by atoms with Crippen molar-refractivity contribution in [1.29, 1.82) is 0 Å². The van der Waals surface area contributed by atoms with Crippen molar-refractivity contribution < 1.29 is 54.9 Å². The molecule has 12 nitrogen and oxygen atoms in total. The van der Waals surface area contributed by atoms with Gasteiger partial charge in [-0.3, -0.25) is 9.98 Å². The van der Waals surface area contributed by atoms with E-state index < -0.39 is 0 Å². The largest absolute Gasteiger partial charge is 2.00 e. The molecule has 0 unspecified atom stereocenters. The molecule has 2 aliphatic rings. The van der Waals surface area contributed by atoms with Gasteiger partial charge in [0.2, 0.25) is 0 Å². The molecule has 0 atom stereocenters. The zero-order chi connectivity index (χ0) is 37.4. The predicted octanol–water partition coefficient (Wildman–Crippen LogP) is 6.26. The maximum atomic E-state index is 12.1. The summed E-state index contributed by atoms with van der Waals surface area (Å²) < 4.78 is 20.4. The van der Waals surface area contributed by atoms with Crippen molar-refractivity contribution in [2.24, 2.45) is 9.98 Å². The Morgan fingerprint density at radius 1 is 0.529 bits per heavy atom. The van der Waals surface area contributed by atoms with Gasteiger partial charge in [-0.25, -0.2) is 19.2 Å². The summed E-state index contributed by atoms with van der Waals surface area (Å²) in [6.45, 7) is 22.7. The third-order valence-electron chi connectivity index (χ3n) is 8.10. The second-order valence-corrected chi connectivity index (χ2v) is 11.5. The molecule has 1 radical (unpaired) electrons. The van der Waals surface area contributed by atoms with Crippen LogP contribution in [-0.2, 0) is 45.3 Å². The van der Waals surface area contributed by atoms with Crippen LogP contribution in [0.4, 0.5) is 0 Å². The Morgan fingerprint density at radius 2 is 0.824 bits per heavy atom. The average Bonchev–Trinajstić information content (AvgIpc) is 3.68. The number of carbonyl (C=O) groups is 4. The van der Waals surface area contributed by atoms with Crippen LogP contribution < -0.4 is 9.97 Å². The van der Waals surface area contributed by atoms with Crippen LogP contribution in [0.3, 0.4) is 0 Å². The first-order chi connectivity index (χ1) is 23.6. The number of ether oxygens (including phenoxy) is 4. The molecule has 2 aromatic heterocycles. The molecule has 0 N–H and O–H groups in total. The molecule has 51 heavy (non-hydrogen) atoms. The first-order valence-corrected chi connectivity index (χ1v) is 16.6. The number of aliphatic imine (C=N–C) groups is 2. The minimum atomic E-state index is -0.375. The predicted molar refractivity (Wildman–Crippen MR) is 191 cm³/mol. The topological polar surface area (TPSA) is 158 Å². The van der Waals surface area contributed by atoms with Gasteiger partial charge in [-0.2, -0.15) is 0 Å². The Hall–Kier alpha value is -4.75. The van der Waals surface area contributed by atoms with Crippen molar-refractivity contribution in [3.05, 3.63) is 78.7 Å². The molecular formula is C38H46CoN4O8. The molecule has 13 heteroatoms. The monoisotopic (exact) mass is 745 g/mol. The van der Waals surface area contributed by atoms with Gasteiger partial charge in [-0.15, -0.1) is 22.8 Å². The second kappa shape index (κ2) is 18.5. The Labute approximate surface area is 309 Å². The van der Waals surface area contributed by atoms with Crippen molar-refractivity contribution in [3.63, 3.8) is 0 Å². The molecule has 4 rings (SSSR count). The van der Waals surface area contributed by atoms with E-state index in [1.165, 1.54) is 0 Å². The van der Waals surface area contributed by atoms with E-state index in [1.807, 2.05) is 27.7 Å². The summed E-state index contributed by atoms with van der Waals surface area (Å²) >= 11 is 0. The fourth-order valence-corrected chi connectivity index (χ4v) is 5.72. The molecule has 0 fully saturated rings. The number of aromatic nitrogens is 2. The quantitative estimate of drug-likeness (QED) is 0.201. The maximum Gasteiger partial charge on any atom is 2.00 e. The Kier molecular flexibility index (Phi) is 15.4. The van der Waals surface area contributed by atoms with Crippen molar-refractivity contribution in [3.8, 4) is 0 Å². The zero-order valence-corrected chi connectivity index (χ0v) is 32.4. The van der Waals surface area contributed by atoms with Crippen molar-refractivity contribution >= 4 is 47.5 Å². The Morgan fingerprint density at radius 3 is 1.12 bits per heavy atom. The molecule has 0 aromatic carbocycles. The number of allylic oxidation sites excluding steroid dienone is 2. The average molecular weight is 746 g/mol. The smallest absolute Gasteiger partial charge is 0.661 e. The van der Waals surface area contributed by atoms with E-state index in [0.717, 1.165) is 22.3 Å². The van der Waals surface area contributed by atoms with Crippen LogP contribution in [-0.4, -0.2) is 61.7 Å². The maximum absolute atomic E-state index is 12.1. The number of rotatable bonds is 10. The molecule has 2 aliphatic heterocycles. The van der Waals surface area contributed by atoms with E-state index in [-0.39, 0.29) is 40.7 Å². The van der Waals surface area contributed by atoms with Crippen LogP contribution >= 0.6 is 0 Å². The van der Waals surface area contributed by atoms with E-state index in [9.17, 15) is 19.2 Å². The van der Waals surface area contributed by atoms with Crippen LogP contribution in [0, 0.1) is 27.7 Å². The minimum absolute atomic E-state index is 0. The van der Waals surface area contributed by atoms with E-state index >= 15 is 0 Å². The Bertz CT molecular complexity index is 1760. The van der Waals surface area contributed by atoms with Crippen LogP contribution in [0.15, 0.2) is 43.7 Å². The molecule has 0 spiro atoms. The first kappa shape index (κ1) is 42.4. The molecule has 0 saturated heterocycles. The van der Waals surface area contributed by atoms with Gasteiger partial charge in [0.15, 0.2) is 0 Å². The van der Waals surface area contributed by atoms with Crippen LogP contribution in [0.2, 0.25) is 0 Å². The van der Waals surface area contributed by atoms with Gasteiger partial charge in [0, 0.05) is 11.1 Å². The number of nitrogens with zero attached hydrogens (tertiary/aromatic N) is 4. The first-order valence-electron chi connectivity index (χ1n) is 16.6. The van der Waals surface area contributed by atoms with Crippen molar-refractivity contribution in [1.82, 2.24) is 9.97 Å². The zero-order valence-electron chi connectivity index (χ0n) is 31.4. The molecule has 0 aliphatic carbocycles. The van der Waals surface area contributed by atoms with Crippen LogP contribution in [0.25, 0.3) is 12.2 Å². The summed E-state index contributed by atoms with van der Waals surface area (Å²) in [5.41, 5.74) is 9.99. The van der Waals surface area contributed by atoms with Gasteiger partial charge >= 0.3 is 40.7 Å². The fourth-order valence-electron chi connectivity index (χ4n) is 5.72. The molecule has 0 amide bonds. The SMILES string of the molecule is CCOC(=O)C1=C(C)C(=Cc2[n-]c(C)c(C(=O)OCC)c2C)N=C1C.CCOC(=O)C1=C(C)C(=Cc2[n-]c(C)c(C(=O)OCC)c2C)N=C1C.[Co+2]. The third kappa shape index (κ3) is 9.33. The molecular weight excluding hydrogens is 699 g/mol. The number of hydrogen-bond donors (Lipinski definition) is 0. The molecule has 275 valence electrons. The van der Waals surface area contributed by atoms with E-state index in [4.69, 9.17) is 18.9 Å². The molecule has 0 saturated carbocycles. The third-order valence-corrected chi connectivity index (χ3v) is 8.10. The van der Waals surface area contributed by atoms with E-state index in [2.05, 4.69) is 20.0 Å². The number of carbonyl (C=O) groups excluding carboxylic acids is 4. The van der Waals surface area contributed by atoms with Crippen LogP contribution in [0.5, 0.6) is 0 Å². The molecule has 2 aromatic rings. The second-order valence-electron chi connectivity index (χ2n) is 11.5. The van der Waals surface area contributed by atoms with Gasteiger partial charge in [-0.05, 0) is 80.4 Å². The standard InChI is InChI=1S/2C19H24N2O4.Co/c2*1-7-24-18(22)16-10(3)14(20-12(16)5)9-15-11(4)17(13(6)21-15)19(23)25-8-2;/h2*9H,7-8H2,1-6H3,(H,20,21,22,23);/q;;+2/p-2. The van der Waals surface area contributed by atoms with Gasteiger partial charge in [0.25, 0.3) is 0 Å². The fraction of sp³-hybridized carbons (Fsp3) is 0.421. The summed E-state index contributed by atoms with van der Waals surface area (Å²) in [5, 5.41) is 0. The minimum Gasteiger partial charge on any atom is -0.661 e. The van der Waals surface area contributed by atoms with Gasteiger partial charge < -0.3 is 28.9 Å². The Balaban J connectivity index is 0.000000347. The number of aryl methyl sites for hydroxylation is 2. The summed E-state index contributed by atoms with van der Waals surface area (Å²) in [7, 11) is 0. The summed E-state index contributed by atoms with van der Waals surface area (Å²) in [4.78, 5) is 66.2. The number of esters is 4. The summed E-state index contributed by atoms with van der Waals surface area (Å²) in [6.07, 6.45) is 3.58. The van der Waals surface area contributed by atoms with Crippen molar-refractivity contribution in [2.75, 3.05) is 26.4 Å². The summed E-state index contributed by atoms with van der Waals surface area (Å²) in [6, 6.07) is 0. The normalized spacial score (nSPS) is 15.3. The number of hydrogen-bond acceptors (Lipinski definition) is 10.